The lowest BCUT2D eigenvalue weighted by Gasteiger charge is -1.90. The summed E-state index contributed by atoms with van der Waals surface area (Å²) >= 11 is 1.23. The number of nitrogens with one attached hydrogen (secondary N) is 1. The molecule has 1 aromatic rings. The van der Waals surface area contributed by atoms with Gasteiger partial charge in [-0.3, -0.25) is 0 Å². The highest BCUT2D eigenvalue weighted by molar-refractivity contribution is 7.14. The van der Waals surface area contributed by atoms with Gasteiger partial charge in [0.05, 0.1) is 12.0 Å². The molecule has 4 nitrogen and oxygen atoms in total. The van der Waals surface area contributed by atoms with Crippen molar-refractivity contribution in [3.8, 4) is 0 Å². The number of aryl methyl sites for hydroxylation is 1. The van der Waals surface area contributed by atoms with Crippen molar-refractivity contribution in [1.82, 2.24) is 0 Å². The van der Waals surface area contributed by atoms with Gasteiger partial charge in [-0.25, -0.2) is 4.79 Å². The number of rotatable bonds is 2. The lowest BCUT2D eigenvalue weighted by molar-refractivity contribution is -0.379. The Morgan fingerprint density at radius 2 is 2.33 bits per heavy atom. The number of nitroso groups, excluding NO2 is 1. The van der Waals surface area contributed by atoms with E-state index in [2.05, 4.69) is 4.74 Å². The van der Waals surface area contributed by atoms with Crippen LogP contribution in [0.25, 0.3) is 0 Å². The first-order valence-corrected chi connectivity index (χ1v) is 4.07. The quantitative estimate of drug-likeness (QED) is 0.677. The van der Waals surface area contributed by atoms with Crippen molar-refractivity contribution in [2.24, 2.45) is 0 Å². The Kier molecular flexibility index (Phi) is 2.54. The van der Waals surface area contributed by atoms with Crippen molar-refractivity contribution in [2.45, 2.75) is 6.92 Å². The normalized spacial score (nSPS) is 9.50. The molecule has 1 rings (SSSR count). The van der Waals surface area contributed by atoms with Crippen molar-refractivity contribution in [3.05, 3.63) is 20.7 Å². The van der Waals surface area contributed by atoms with Crippen molar-refractivity contribution >= 4 is 23.0 Å². The van der Waals surface area contributed by atoms with Crippen LogP contribution in [0.5, 0.6) is 0 Å². The summed E-state index contributed by atoms with van der Waals surface area (Å²) in [6.07, 6.45) is 0. The third kappa shape index (κ3) is 1.50. The Balaban J connectivity index is 3.04. The van der Waals surface area contributed by atoms with Crippen LogP contribution in [-0.4, -0.2) is 13.1 Å². The summed E-state index contributed by atoms with van der Waals surface area (Å²) in [5.74, 6) is -0.412. The average molecular weight is 186 g/mol. The minimum Gasteiger partial charge on any atom is -0.465 e. The fraction of sp³-hybridized carbons (Fsp3) is 0.286. The maximum atomic E-state index is 11.0. The molecule has 0 spiro atoms. The monoisotopic (exact) mass is 186 g/mol. The molecule has 0 bridgehead atoms. The van der Waals surface area contributed by atoms with Crippen LogP contribution in [0.4, 0.5) is 5.69 Å². The number of esters is 1. The van der Waals surface area contributed by atoms with Gasteiger partial charge >= 0.3 is 5.97 Å². The molecule has 0 aliphatic rings. The summed E-state index contributed by atoms with van der Waals surface area (Å²) in [6, 6.07) is 1.48. The molecule has 1 aromatic heterocycles. The van der Waals surface area contributed by atoms with Gasteiger partial charge in [0.15, 0.2) is 0 Å². The molecule has 0 radical (unpaired) electrons. The molecule has 64 valence electrons. The highest BCUT2D eigenvalue weighted by Gasteiger charge is 2.16. The Hall–Kier alpha value is -1.23. The Morgan fingerprint density at radius 3 is 2.75 bits per heavy atom. The predicted molar refractivity (Wildman–Crippen MR) is 44.4 cm³/mol. The lowest BCUT2D eigenvalue weighted by Crippen LogP contribution is -2.55. The topological polar surface area (TPSA) is 57.3 Å². The number of hydrogen-bond donors (Lipinski definition) is 1. The van der Waals surface area contributed by atoms with Gasteiger partial charge in [0, 0.05) is 16.2 Å². The first kappa shape index (κ1) is 8.86. The Bertz CT molecular complexity index is 318. The van der Waals surface area contributed by atoms with E-state index in [1.165, 1.54) is 24.5 Å². The van der Waals surface area contributed by atoms with Gasteiger partial charge in [-0.1, -0.05) is 0 Å². The van der Waals surface area contributed by atoms with Gasteiger partial charge in [-0.05, 0) is 6.92 Å². The van der Waals surface area contributed by atoms with Crippen molar-refractivity contribution in [1.29, 1.82) is 0 Å². The zero-order chi connectivity index (χ0) is 9.14. The van der Waals surface area contributed by atoms with E-state index in [0.29, 0.717) is 10.6 Å². The zero-order valence-corrected chi connectivity index (χ0v) is 7.53. The summed E-state index contributed by atoms with van der Waals surface area (Å²) in [4.78, 5) is 22.5. The van der Waals surface area contributed by atoms with E-state index in [4.69, 9.17) is 0 Å². The van der Waals surface area contributed by atoms with Crippen LogP contribution in [0, 0.1) is 11.8 Å². The number of methoxy groups -OCH3 is 1. The van der Waals surface area contributed by atoms with Crippen molar-refractivity contribution < 1.29 is 14.7 Å². The van der Waals surface area contributed by atoms with Crippen LogP contribution in [0.15, 0.2) is 6.07 Å². The Morgan fingerprint density at radius 1 is 1.67 bits per heavy atom. The van der Waals surface area contributed by atoms with Crippen LogP contribution in [0.3, 0.4) is 0 Å². The van der Waals surface area contributed by atoms with Gasteiger partial charge in [0.1, 0.15) is 4.88 Å². The van der Waals surface area contributed by atoms with E-state index in [1.54, 1.807) is 12.1 Å². The van der Waals surface area contributed by atoms with Gasteiger partial charge in [0.25, 0.3) is 5.69 Å². The molecule has 0 aliphatic carbocycles. The molecule has 12 heavy (non-hydrogen) atoms. The van der Waals surface area contributed by atoms with E-state index in [1.807, 2.05) is 0 Å². The van der Waals surface area contributed by atoms with E-state index in [-0.39, 0.29) is 0 Å². The van der Waals surface area contributed by atoms with Crippen LogP contribution in [0.1, 0.15) is 14.5 Å². The number of carbonyl (C=O) groups excluding carboxylic acids is 1. The first-order valence-electron chi connectivity index (χ1n) is 3.26. The zero-order valence-electron chi connectivity index (χ0n) is 6.71. The van der Waals surface area contributed by atoms with E-state index < -0.39 is 5.97 Å². The predicted octanol–water partition coefficient (Wildman–Crippen LogP) is 0.322. The fourth-order valence-electron chi connectivity index (χ4n) is 0.785. The van der Waals surface area contributed by atoms with Crippen molar-refractivity contribution in [3.63, 3.8) is 0 Å². The Labute approximate surface area is 73.1 Å². The number of ether oxygens (including phenoxy) is 1. The molecule has 0 atom stereocenters. The molecule has 0 amide bonds. The van der Waals surface area contributed by atoms with E-state index in [0.717, 1.165) is 4.88 Å². The average Bonchev–Trinajstić information content (AvgIpc) is 2.45. The van der Waals surface area contributed by atoms with Crippen molar-refractivity contribution in [2.75, 3.05) is 7.11 Å². The summed E-state index contributed by atoms with van der Waals surface area (Å²) in [5, 5.41) is 1.75. The van der Waals surface area contributed by atoms with E-state index in [9.17, 15) is 9.70 Å². The summed E-state index contributed by atoms with van der Waals surface area (Å²) in [7, 11) is 1.31. The molecular formula is C7H8NO3S+. The van der Waals surface area contributed by atoms with Crippen LogP contribution < -0.4 is 5.18 Å². The second kappa shape index (κ2) is 3.44. The second-order valence-electron chi connectivity index (χ2n) is 2.17. The highest BCUT2D eigenvalue weighted by Crippen LogP contribution is 2.22. The first-order chi connectivity index (χ1) is 5.69. The van der Waals surface area contributed by atoms with E-state index >= 15 is 0 Å². The summed E-state index contributed by atoms with van der Waals surface area (Å²) in [5.41, 5.74) is 0.431. The molecular weight excluding hydrogens is 178 g/mol. The summed E-state index contributed by atoms with van der Waals surface area (Å²) in [6.45, 7) is 1.76. The largest absolute Gasteiger partial charge is 0.465 e. The molecule has 5 heteroatoms. The van der Waals surface area contributed by atoms with Gasteiger partial charge in [-0.15, -0.1) is 11.3 Å². The number of thiophene rings is 1. The van der Waals surface area contributed by atoms with Crippen LogP contribution >= 0.6 is 11.3 Å². The maximum Gasteiger partial charge on any atom is 0.348 e. The standard InChI is InChI=1S/C7H7NO3S/c1-4-5(8-10)3-6(12-4)7(9)11-2/h3H,1-2H3/p+1. The van der Waals surface area contributed by atoms with Gasteiger partial charge in [-0.2, -0.15) is 0 Å². The van der Waals surface area contributed by atoms with Gasteiger partial charge < -0.3 is 4.74 Å². The minimum absolute atomic E-state index is 0.412. The summed E-state index contributed by atoms with van der Waals surface area (Å²) < 4.78 is 4.49. The third-order valence-electron chi connectivity index (χ3n) is 1.41. The molecule has 1 N–H and O–H groups in total. The molecule has 0 unspecified atom stereocenters. The molecule has 0 saturated heterocycles. The smallest absolute Gasteiger partial charge is 0.348 e. The molecule has 0 aliphatic heterocycles. The molecule has 1 heterocycles. The number of carbonyl (C=O) groups is 1. The number of hydrogen-bond acceptors (Lipinski definition) is 4. The van der Waals surface area contributed by atoms with Crippen LogP contribution in [0.2, 0.25) is 0 Å². The van der Waals surface area contributed by atoms with Crippen LogP contribution in [-0.2, 0) is 4.74 Å². The SMILES string of the molecule is COC(=O)c1cc([NH+]=O)c(C)s1. The highest BCUT2D eigenvalue weighted by atomic mass is 32.1. The molecule has 0 aromatic carbocycles. The second-order valence-corrected chi connectivity index (χ2v) is 3.43. The minimum atomic E-state index is -0.412. The maximum absolute atomic E-state index is 11.0. The fourth-order valence-corrected chi connectivity index (χ4v) is 1.67. The lowest BCUT2D eigenvalue weighted by atomic mass is 10.4. The third-order valence-corrected chi connectivity index (χ3v) is 2.44. The van der Waals surface area contributed by atoms with Gasteiger partial charge in [0.2, 0.25) is 0 Å². The molecule has 0 saturated carbocycles. The molecule has 0 fully saturated rings.